The number of benzene rings is 1. The molecule has 1 N–H and O–H groups in total. The summed E-state index contributed by atoms with van der Waals surface area (Å²) in [6.45, 7) is 2.18. The van der Waals surface area contributed by atoms with Crippen molar-refractivity contribution in [2.75, 3.05) is 5.32 Å². The van der Waals surface area contributed by atoms with Crippen LogP contribution >= 0.6 is 15.9 Å². The zero-order valence-electron chi connectivity index (χ0n) is 8.06. The number of hydrogen-bond donors (Lipinski definition) is 1. The molecule has 1 aliphatic carbocycles. The molecular weight excluding hydrogens is 245 g/mol. The Morgan fingerprint density at radius 1 is 1.50 bits per heavy atom. The zero-order chi connectivity index (χ0) is 10.1. The lowest BCUT2D eigenvalue weighted by Gasteiger charge is -2.14. The lowest BCUT2D eigenvalue weighted by atomic mass is 10.2. The van der Waals surface area contributed by atoms with Gasteiger partial charge in [-0.1, -0.05) is 0 Å². The minimum absolute atomic E-state index is 0.213. The van der Waals surface area contributed by atoms with Crippen molar-refractivity contribution in [2.24, 2.45) is 5.92 Å². The summed E-state index contributed by atoms with van der Waals surface area (Å²) in [7, 11) is 0. The van der Waals surface area contributed by atoms with Crippen molar-refractivity contribution in [3.8, 4) is 0 Å². The Bertz CT molecular complexity index is 336. The summed E-state index contributed by atoms with van der Waals surface area (Å²) in [6, 6.07) is 5.53. The standard InChI is InChI=1S/C11H13BrFN/c1-7(8-2-3-8)14-9-4-5-11(13)10(12)6-9/h4-8,14H,2-3H2,1H3/t7-/m1/s1. The summed E-state index contributed by atoms with van der Waals surface area (Å²) in [5.74, 6) is 0.591. The van der Waals surface area contributed by atoms with Crippen LogP contribution in [0.2, 0.25) is 0 Å². The predicted octanol–water partition coefficient (Wildman–Crippen LogP) is 3.80. The fraction of sp³-hybridized carbons (Fsp3) is 0.455. The van der Waals surface area contributed by atoms with Crippen LogP contribution in [0.3, 0.4) is 0 Å². The molecule has 2 rings (SSSR count). The van der Waals surface area contributed by atoms with E-state index in [0.717, 1.165) is 11.6 Å². The summed E-state index contributed by atoms with van der Waals surface area (Å²) >= 11 is 3.17. The monoisotopic (exact) mass is 257 g/mol. The van der Waals surface area contributed by atoms with E-state index in [1.807, 2.05) is 0 Å². The van der Waals surface area contributed by atoms with Crippen LogP contribution < -0.4 is 5.32 Å². The summed E-state index contributed by atoms with van der Waals surface area (Å²) < 4.78 is 13.5. The molecule has 76 valence electrons. The number of anilines is 1. The van der Waals surface area contributed by atoms with Crippen molar-refractivity contribution in [1.29, 1.82) is 0 Å². The van der Waals surface area contributed by atoms with Gasteiger partial charge in [-0.25, -0.2) is 4.39 Å². The SMILES string of the molecule is C[C@@H](Nc1ccc(F)c(Br)c1)C1CC1. The molecule has 0 radical (unpaired) electrons. The van der Waals surface area contributed by atoms with Gasteiger partial charge in [-0.15, -0.1) is 0 Å². The van der Waals surface area contributed by atoms with Gasteiger partial charge >= 0.3 is 0 Å². The average Bonchev–Trinajstić information content (AvgIpc) is 2.94. The quantitative estimate of drug-likeness (QED) is 0.869. The van der Waals surface area contributed by atoms with Gasteiger partial charge in [-0.2, -0.15) is 0 Å². The molecule has 1 aromatic rings. The molecular formula is C11H13BrFN. The molecule has 1 aliphatic rings. The average molecular weight is 258 g/mol. The minimum Gasteiger partial charge on any atom is -0.382 e. The fourth-order valence-electron chi connectivity index (χ4n) is 1.56. The molecule has 1 fully saturated rings. The molecule has 0 amide bonds. The van der Waals surface area contributed by atoms with Gasteiger partial charge in [0.15, 0.2) is 0 Å². The molecule has 0 aromatic heterocycles. The first-order valence-corrected chi connectivity index (χ1v) is 5.67. The Labute approximate surface area is 91.8 Å². The van der Waals surface area contributed by atoms with Crippen LogP contribution in [0.1, 0.15) is 19.8 Å². The van der Waals surface area contributed by atoms with Crippen LogP contribution in [-0.2, 0) is 0 Å². The number of halogens is 2. The molecule has 14 heavy (non-hydrogen) atoms. The van der Waals surface area contributed by atoms with Crippen molar-refractivity contribution >= 4 is 21.6 Å². The maximum atomic E-state index is 12.9. The van der Waals surface area contributed by atoms with Crippen LogP contribution in [0, 0.1) is 11.7 Å². The fourth-order valence-corrected chi connectivity index (χ4v) is 1.94. The van der Waals surface area contributed by atoms with E-state index in [1.54, 1.807) is 12.1 Å². The lowest BCUT2D eigenvalue weighted by Crippen LogP contribution is -2.17. The van der Waals surface area contributed by atoms with Crippen LogP contribution in [0.4, 0.5) is 10.1 Å². The van der Waals surface area contributed by atoms with Gasteiger partial charge < -0.3 is 5.32 Å². The topological polar surface area (TPSA) is 12.0 Å². The maximum absolute atomic E-state index is 12.9. The van der Waals surface area contributed by atoms with Crippen LogP contribution in [0.5, 0.6) is 0 Å². The van der Waals surface area contributed by atoms with E-state index in [-0.39, 0.29) is 5.82 Å². The van der Waals surface area contributed by atoms with Gasteiger partial charge in [0.2, 0.25) is 0 Å². The summed E-state index contributed by atoms with van der Waals surface area (Å²) in [4.78, 5) is 0. The summed E-state index contributed by atoms with van der Waals surface area (Å²) in [6.07, 6.45) is 2.63. The molecule has 0 aliphatic heterocycles. The third-order valence-electron chi connectivity index (χ3n) is 2.64. The predicted molar refractivity (Wildman–Crippen MR) is 59.9 cm³/mol. The van der Waals surface area contributed by atoms with Crippen molar-refractivity contribution in [3.05, 3.63) is 28.5 Å². The molecule has 1 nitrogen and oxygen atoms in total. The van der Waals surface area contributed by atoms with Crippen molar-refractivity contribution in [2.45, 2.75) is 25.8 Å². The molecule has 0 bridgehead atoms. The Morgan fingerprint density at radius 2 is 2.21 bits per heavy atom. The van der Waals surface area contributed by atoms with Crippen molar-refractivity contribution < 1.29 is 4.39 Å². The second-order valence-electron chi connectivity index (χ2n) is 3.90. The van der Waals surface area contributed by atoms with Crippen LogP contribution in [-0.4, -0.2) is 6.04 Å². The minimum atomic E-state index is -0.213. The smallest absolute Gasteiger partial charge is 0.137 e. The Balaban J connectivity index is 2.04. The molecule has 0 heterocycles. The van der Waals surface area contributed by atoms with Gasteiger partial charge in [0, 0.05) is 11.7 Å². The Kier molecular flexibility index (Phi) is 2.77. The van der Waals surface area contributed by atoms with E-state index in [0.29, 0.717) is 10.5 Å². The van der Waals surface area contributed by atoms with Crippen LogP contribution in [0.15, 0.2) is 22.7 Å². The van der Waals surface area contributed by atoms with E-state index in [4.69, 9.17) is 0 Å². The highest BCUT2D eigenvalue weighted by molar-refractivity contribution is 9.10. The molecule has 1 atom stereocenters. The molecule has 0 spiro atoms. The number of hydrogen-bond acceptors (Lipinski definition) is 1. The molecule has 0 unspecified atom stereocenters. The largest absolute Gasteiger partial charge is 0.382 e. The highest BCUT2D eigenvalue weighted by Crippen LogP contribution is 2.34. The van der Waals surface area contributed by atoms with Crippen LogP contribution in [0.25, 0.3) is 0 Å². The second-order valence-corrected chi connectivity index (χ2v) is 4.75. The number of nitrogens with one attached hydrogen (secondary N) is 1. The summed E-state index contributed by atoms with van der Waals surface area (Å²) in [5.41, 5.74) is 0.984. The third kappa shape index (κ3) is 2.27. The Hall–Kier alpha value is -0.570. The van der Waals surface area contributed by atoms with Gasteiger partial charge in [0.25, 0.3) is 0 Å². The first-order chi connectivity index (χ1) is 6.66. The van der Waals surface area contributed by atoms with E-state index in [2.05, 4.69) is 28.2 Å². The highest BCUT2D eigenvalue weighted by Gasteiger charge is 2.27. The van der Waals surface area contributed by atoms with Crippen molar-refractivity contribution in [3.63, 3.8) is 0 Å². The van der Waals surface area contributed by atoms with Crippen molar-refractivity contribution in [1.82, 2.24) is 0 Å². The third-order valence-corrected chi connectivity index (χ3v) is 3.25. The van der Waals surface area contributed by atoms with Gasteiger partial charge in [0.1, 0.15) is 5.82 Å². The van der Waals surface area contributed by atoms with E-state index in [9.17, 15) is 4.39 Å². The molecule has 1 saturated carbocycles. The molecule has 1 aromatic carbocycles. The summed E-state index contributed by atoms with van der Waals surface area (Å²) in [5, 5.41) is 3.38. The normalized spacial score (nSPS) is 17.9. The zero-order valence-corrected chi connectivity index (χ0v) is 9.64. The first-order valence-electron chi connectivity index (χ1n) is 4.88. The van der Waals surface area contributed by atoms with E-state index >= 15 is 0 Å². The second kappa shape index (κ2) is 3.89. The Morgan fingerprint density at radius 3 is 2.79 bits per heavy atom. The van der Waals surface area contributed by atoms with Gasteiger partial charge in [-0.3, -0.25) is 0 Å². The van der Waals surface area contributed by atoms with E-state index in [1.165, 1.54) is 18.9 Å². The lowest BCUT2D eigenvalue weighted by molar-refractivity contribution is 0.620. The molecule has 0 saturated heterocycles. The van der Waals surface area contributed by atoms with Gasteiger partial charge in [0.05, 0.1) is 4.47 Å². The van der Waals surface area contributed by atoms with E-state index < -0.39 is 0 Å². The van der Waals surface area contributed by atoms with Gasteiger partial charge in [-0.05, 0) is 59.8 Å². The highest BCUT2D eigenvalue weighted by atomic mass is 79.9. The number of rotatable bonds is 3. The maximum Gasteiger partial charge on any atom is 0.137 e. The molecule has 3 heteroatoms. The first kappa shape index (κ1) is 9.97.